The number of aromatic hydroxyl groups is 1. The Morgan fingerprint density at radius 1 is 1.55 bits per heavy atom. The van der Waals surface area contributed by atoms with Gasteiger partial charge in [0.25, 0.3) is 0 Å². The van der Waals surface area contributed by atoms with Gasteiger partial charge in [0.2, 0.25) is 5.91 Å². The summed E-state index contributed by atoms with van der Waals surface area (Å²) in [6.45, 7) is 1.70. The van der Waals surface area contributed by atoms with E-state index in [-0.39, 0.29) is 11.7 Å². The van der Waals surface area contributed by atoms with Gasteiger partial charge in [-0.15, -0.1) is 5.10 Å². The summed E-state index contributed by atoms with van der Waals surface area (Å²) >= 11 is 1.28. The normalized spacial score (nSPS) is 17.3. The Bertz CT molecular complexity index is 810. The first-order valence-electron chi connectivity index (χ1n) is 6.42. The first kappa shape index (κ1) is 14.5. The summed E-state index contributed by atoms with van der Waals surface area (Å²) in [5.41, 5.74) is 1.43. The molecule has 3 rings (SSSR count). The average molecular weight is 319 g/mol. The molecule has 1 aromatic heterocycles. The number of phenolic OH excluding ortho intramolecular Hbond substituents is 1. The molecule has 0 atom stereocenters. The highest BCUT2D eigenvalue weighted by Crippen LogP contribution is 2.37. The number of hydrogen-bond acceptors (Lipinski definition) is 7. The van der Waals surface area contributed by atoms with Crippen molar-refractivity contribution < 1.29 is 19.1 Å². The van der Waals surface area contributed by atoms with Crippen LogP contribution in [0.2, 0.25) is 0 Å². The van der Waals surface area contributed by atoms with Crippen LogP contribution in [0.3, 0.4) is 0 Å². The minimum Gasteiger partial charge on any atom is -0.507 e. The molecule has 0 saturated carbocycles. The summed E-state index contributed by atoms with van der Waals surface area (Å²) in [6.07, 6.45) is 1.52. The minimum atomic E-state index is -0.100. The van der Waals surface area contributed by atoms with E-state index in [4.69, 9.17) is 9.15 Å². The number of thioether (sulfide) groups is 1. The number of ether oxygens (including phenoxy) is 1. The lowest BCUT2D eigenvalue weighted by Gasteiger charge is -2.10. The highest BCUT2D eigenvalue weighted by molar-refractivity contribution is 8.15. The highest BCUT2D eigenvalue weighted by Gasteiger charge is 2.19. The van der Waals surface area contributed by atoms with Crippen molar-refractivity contribution in [3.63, 3.8) is 0 Å². The molecule has 8 heteroatoms. The summed E-state index contributed by atoms with van der Waals surface area (Å²) < 4.78 is 10.7. The Labute approximate surface area is 130 Å². The number of nitrogens with one attached hydrogen (secondary N) is 1. The van der Waals surface area contributed by atoms with Crippen LogP contribution < -0.4 is 10.1 Å². The molecule has 0 spiro atoms. The Kier molecular flexibility index (Phi) is 3.76. The molecule has 0 unspecified atom stereocenters. The van der Waals surface area contributed by atoms with Gasteiger partial charge in [-0.05, 0) is 13.0 Å². The predicted octanol–water partition coefficient (Wildman–Crippen LogP) is 2.09. The largest absolute Gasteiger partial charge is 0.507 e. The van der Waals surface area contributed by atoms with Crippen LogP contribution >= 0.6 is 11.8 Å². The van der Waals surface area contributed by atoms with E-state index in [9.17, 15) is 9.90 Å². The van der Waals surface area contributed by atoms with Gasteiger partial charge >= 0.3 is 0 Å². The number of hydrogen-bond donors (Lipinski definition) is 2. The van der Waals surface area contributed by atoms with Crippen LogP contribution in [0.15, 0.2) is 33.0 Å². The van der Waals surface area contributed by atoms with Gasteiger partial charge < -0.3 is 19.6 Å². The number of benzene rings is 1. The van der Waals surface area contributed by atoms with E-state index >= 15 is 0 Å². The number of methoxy groups -OCH3 is 1. The van der Waals surface area contributed by atoms with Gasteiger partial charge in [-0.25, -0.2) is 0 Å². The van der Waals surface area contributed by atoms with Crippen molar-refractivity contribution in [2.75, 3.05) is 12.9 Å². The van der Waals surface area contributed by atoms with Crippen molar-refractivity contribution in [1.29, 1.82) is 0 Å². The first-order chi connectivity index (χ1) is 10.6. The smallest absolute Gasteiger partial charge is 0.236 e. The average Bonchev–Trinajstić information content (AvgIpc) is 3.11. The molecule has 1 aromatic carbocycles. The van der Waals surface area contributed by atoms with E-state index < -0.39 is 0 Å². The molecule has 7 nitrogen and oxygen atoms in total. The molecule has 2 heterocycles. The number of furan rings is 1. The molecule has 0 aliphatic carbocycles. The number of carbonyl (C=O) groups excluding carboxylic acids is 1. The fourth-order valence-electron chi connectivity index (χ4n) is 2.18. The van der Waals surface area contributed by atoms with Crippen LogP contribution in [0.4, 0.5) is 0 Å². The molecule has 0 bridgehead atoms. The molecule has 1 saturated heterocycles. The molecule has 1 fully saturated rings. The van der Waals surface area contributed by atoms with Crippen molar-refractivity contribution in [3.8, 4) is 11.5 Å². The van der Waals surface area contributed by atoms with Crippen LogP contribution in [0, 0.1) is 0 Å². The van der Waals surface area contributed by atoms with Crippen LogP contribution in [0.1, 0.15) is 12.5 Å². The first-order valence-corrected chi connectivity index (χ1v) is 7.41. The van der Waals surface area contributed by atoms with Gasteiger partial charge in [0, 0.05) is 6.07 Å². The van der Waals surface area contributed by atoms with Gasteiger partial charge in [-0.3, -0.25) is 4.79 Å². The quantitative estimate of drug-likeness (QED) is 0.667. The second-order valence-corrected chi connectivity index (χ2v) is 5.53. The fraction of sp³-hybridized carbons (Fsp3) is 0.214. The van der Waals surface area contributed by atoms with Gasteiger partial charge in [0.15, 0.2) is 5.17 Å². The number of carbonyl (C=O) groups is 1. The second kappa shape index (κ2) is 5.72. The van der Waals surface area contributed by atoms with Gasteiger partial charge in [0.1, 0.15) is 17.1 Å². The van der Waals surface area contributed by atoms with E-state index in [0.717, 1.165) is 5.39 Å². The van der Waals surface area contributed by atoms with Crippen LogP contribution in [-0.4, -0.2) is 34.8 Å². The van der Waals surface area contributed by atoms with Crippen LogP contribution in [-0.2, 0) is 4.79 Å². The van der Waals surface area contributed by atoms with Crippen molar-refractivity contribution in [1.82, 2.24) is 5.32 Å². The third-order valence-corrected chi connectivity index (χ3v) is 4.00. The Hall–Kier alpha value is -2.48. The molecular weight excluding hydrogens is 306 g/mol. The van der Waals surface area contributed by atoms with Gasteiger partial charge in [-0.1, -0.05) is 11.8 Å². The zero-order valence-corrected chi connectivity index (χ0v) is 12.7. The van der Waals surface area contributed by atoms with Crippen molar-refractivity contribution in [3.05, 3.63) is 24.0 Å². The van der Waals surface area contributed by atoms with E-state index in [1.807, 2.05) is 0 Å². The Morgan fingerprint density at radius 2 is 2.36 bits per heavy atom. The lowest BCUT2D eigenvalue weighted by Crippen LogP contribution is -2.19. The number of fused-ring (bicyclic) bond motifs is 1. The molecule has 1 aliphatic heterocycles. The maximum Gasteiger partial charge on any atom is 0.236 e. The summed E-state index contributed by atoms with van der Waals surface area (Å²) in [5, 5.41) is 22.0. The standard InChI is InChI=1S/C14H13N3O4S/c1-7(16-17-14-15-11(19)6-22-14)12-9(18)5-10-8(3-4-21-10)13(12)20-2/h3-5,18H,6H2,1-2H3,(H,15,17,19)/b16-7+. The number of rotatable bonds is 3. The van der Waals surface area contributed by atoms with E-state index in [1.54, 1.807) is 13.0 Å². The minimum absolute atomic E-state index is 0.0103. The molecule has 1 amide bonds. The summed E-state index contributed by atoms with van der Waals surface area (Å²) in [7, 11) is 1.51. The highest BCUT2D eigenvalue weighted by atomic mass is 32.2. The lowest BCUT2D eigenvalue weighted by atomic mass is 10.1. The van der Waals surface area contributed by atoms with Crippen molar-refractivity contribution in [2.45, 2.75) is 6.92 Å². The number of amides is 1. The summed E-state index contributed by atoms with van der Waals surface area (Å²) in [5.74, 6) is 0.692. The lowest BCUT2D eigenvalue weighted by molar-refractivity contribution is -0.116. The molecule has 2 N–H and O–H groups in total. The Morgan fingerprint density at radius 3 is 3.05 bits per heavy atom. The second-order valence-electron chi connectivity index (χ2n) is 4.56. The predicted molar refractivity (Wildman–Crippen MR) is 84.7 cm³/mol. The van der Waals surface area contributed by atoms with E-state index in [0.29, 0.717) is 33.5 Å². The van der Waals surface area contributed by atoms with Crippen LogP contribution in [0.25, 0.3) is 11.0 Å². The Balaban J connectivity index is 2.04. The molecule has 2 aromatic rings. The maximum atomic E-state index is 11.1. The molecule has 114 valence electrons. The monoisotopic (exact) mass is 319 g/mol. The van der Waals surface area contributed by atoms with E-state index in [2.05, 4.69) is 15.5 Å². The molecule has 0 radical (unpaired) electrons. The third kappa shape index (κ3) is 2.52. The van der Waals surface area contributed by atoms with Crippen molar-refractivity contribution >= 4 is 39.5 Å². The van der Waals surface area contributed by atoms with E-state index in [1.165, 1.54) is 31.2 Å². The number of phenols is 1. The maximum absolute atomic E-state index is 11.1. The molecule has 1 aliphatic rings. The van der Waals surface area contributed by atoms with Gasteiger partial charge in [-0.2, -0.15) is 5.10 Å². The third-order valence-electron chi connectivity index (χ3n) is 3.13. The summed E-state index contributed by atoms with van der Waals surface area (Å²) in [6, 6.07) is 3.26. The zero-order chi connectivity index (χ0) is 15.7. The van der Waals surface area contributed by atoms with Gasteiger partial charge in [0.05, 0.1) is 35.8 Å². The van der Waals surface area contributed by atoms with Crippen molar-refractivity contribution in [2.24, 2.45) is 10.2 Å². The fourth-order valence-corrected chi connectivity index (χ4v) is 2.80. The topological polar surface area (TPSA) is 96.4 Å². The van der Waals surface area contributed by atoms with Crippen LogP contribution in [0.5, 0.6) is 11.5 Å². The zero-order valence-electron chi connectivity index (χ0n) is 11.9. The molecule has 22 heavy (non-hydrogen) atoms. The summed E-state index contributed by atoms with van der Waals surface area (Å²) in [4.78, 5) is 11.1. The SMILES string of the molecule is COc1c(/C(C)=N/N=C2/NC(=O)CS2)c(O)cc2occc12. The number of nitrogens with zero attached hydrogens (tertiary/aromatic N) is 2. The number of amidine groups is 1. The molecular formula is C14H13N3O4S.